The number of aromatic nitrogens is 2. The average Bonchev–Trinajstić information content (AvgIpc) is 3.43. The van der Waals surface area contributed by atoms with Crippen molar-refractivity contribution in [3.8, 4) is 0 Å². The number of anilines is 1. The van der Waals surface area contributed by atoms with Crippen LogP contribution in [0.2, 0.25) is 0 Å². The molecule has 136 valence electrons. The highest BCUT2D eigenvalue weighted by molar-refractivity contribution is 8.00. The van der Waals surface area contributed by atoms with Gasteiger partial charge in [-0.3, -0.25) is 14.5 Å². The first-order valence-corrected chi connectivity index (χ1v) is 10.8. The van der Waals surface area contributed by atoms with Gasteiger partial charge in [-0.25, -0.2) is 0 Å². The van der Waals surface area contributed by atoms with Crippen LogP contribution in [-0.2, 0) is 4.79 Å². The lowest BCUT2D eigenvalue weighted by Gasteiger charge is -2.23. The van der Waals surface area contributed by atoms with E-state index >= 15 is 0 Å². The molecule has 1 aliphatic rings. The number of aliphatic hydroxyl groups is 1. The summed E-state index contributed by atoms with van der Waals surface area (Å²) in [4.78, 5) is 27.8. The number of benzene rings is 1. The molecule has 1 N–H and O–H groups in total. The van der Waals surface area contributed by atoms with Gasteiger partial charge in [0.15, 0.2) is 10.1 Å². The highest BCUT2D eigenvalue weighted by atomic mass is 32.2. The molecular weight excluding hydrogens is 402 g/mol. The van der Waals surface area contributed by atoms with E-state index in [0.29, 0.717) is 14.3 Å². The quantitative estimate of drug-likeness (QED) is 0.384. The number of rotatable bonds is 5. The van der Waals surface area contributed by atoms with Crippen molar-refractivity contribution in [1.29, 1.82) is 0 Å². The second-order valence-corrected chi connectivity index (χ2v) is 8.57. The van der Waals surface area contributed by atoms with Crippen LogP contribution < -0.4 is 4.90 Å². The van der Waals surface area contributed by atoms with E-state index in [1.54, 1.807) is 17.5 Å². The molecule has 1 unspecified atom stereocenters. The Kier molecular flexibility index (Phi) is 4.81. The Hall–Kier alpha value is -2.49. The van der Waals surface area contributed by atoms with E-state index in [0.717, 1.165) is 5.56 Å². The molecule has 1 amide bonds. The number of thiophene rings is 1. The highest BCUT2D eigenvalue weighted by Crippen LogP contribution is 2.43. The van der Waals surface area contributed by atoms with Gasteiger partial charge in [-0.2, -0.15) is 0 Å². The van der Waals surface area contributed by atoms with Crippen LogP contribution in [0.15, 0.2) is 63.5 Å². The molecule has 0 radical (unpaired) electrons. The second kappa shape index (κ2) is 7.26. The van der Waals surface area contributed by atoms with Gasteiger partial charge in [-0.1, -0.05) is 59.5 Å². The van der Waals surface area contributed by atoms with E-state index in [1.807, 2.05) is 36.6 Å². The maximum atomic E-state index is 13.1. The molecule has 2 aromatic heterocycles. The zero-order chi connectivity index (χ0) is 19.0. The fourth-order valence-electron chi connectivity index (χ4n) is 2.91. The summed E-state index contributed by atoms with van der Waals surface area (Å²) >= 11 is 3.93. The third kappa shape index (κ3) is 3.07. The molecule has 0 fully saturated rings. The molecule has 0 aliphatic carbocycles. The lowest BCUT2D eigenvalue weighted by atomic mass is 9.96. The molecule has 9 heteroatoms. The van der Waals surface area contributed by atoms with Crippen molar-refractivity contribution in [1.82, 2.24) is 10.2 Å². The molecule has 0 spiro atoms. The van der Waals surface area contributed by atoms with Gasteiger partial charge in [-0.05, 0) is 23.3 Å². The number of aliphatic hydroxyl groups excluding tert-OH is 1. The molecule has 0 saturated carbocycles. The number of carbonyl (C=O) groups is 2. The minimum absolute atomic E-state index is 0.0644. The summed E-state index contributed by atoms with van der Waals surface area (Å²) in [6.07, 6.45) is 1.87. The van der Waals surface area contributed by atoms with Crippen LogP contribution >= 0.6 is 34.4 Å². The molecule has 3 aromatic rings. The normalized spacial score (nSPS) is 17.0. The summed E-state index contributed by atoms with van der Waals surface area (Å²) in [6.45, 7) is 0. The Morgan fingerprint density at radius 1 is 1.19 bits per heavy atom. The van der Waals surface area contributed by atoms with Crippen LogP contribution in [0.25, 0.3) is 0 Å². The van der Waals surface area contributed by atoms with Gasteiger partial charge >= 0.3 is 0 Å². The predicted molar refractivity (Wildman–Crippen MR) is 107 cm³/mol. The smallest absolute Gasteiger partial charge is 0.296 e. The summed E-state index contributed by atoms with van der Waals surface area (Å²) in [7, 11) is 0. The molecular formula is C18H13N3O3S3. The number of hydrogen-bond donors (Lipinski definition) is 1. The van der Waals surface area contributed by atoms with Crippen molar-refractivity contribution < 1.29 is 14.7 Å². The van der Waals surface area contributed by atoms with Crippen molar-refractivity contribution >= 4 is 51.3 Å². The monoisotopic (exact) mass is 415 g/mol. The SMILES string of the molecule is CSc1nnc(N2C(=O)C(O)=C(C(=O)c3cccs3)C2c2ccccc2)s1. The van der Waals surface area contributed by atoms with Crippen LogP contribution in [0.5, 0.6) is 0 Å². The number of amides is 1. The van der Waals surface area contributed by atoms with E-state index in [-0.39, 0.29) is 11.4 Å². The summed E-state index contributed by atoms with van der Waals surface area (Å²) < 4.78 is 0.696. The van der Waals surface area contributed by atoms with Gasteiger partial charge in [0.25, 0.3) is 5.91 Å². The molecule has 4 rings (SSSR count). The van der Waals surface area contributed by atoms with Crippen LogP contribution in [-0.4, -0.2) is 33.3 Å². The van der Waals surface area contributed by atoms with Gasteiger partial charge in [0.2, 0.25) is 10.9 Å². The van der Waals surface area contributed by atoms with Gasteiger partial charge in [-0.15, -0.1) is 21.5 Å². The maximum absolute atomic E-state index is 13.1. The van der Waals surface area contributed by atoms with Crippen LogP contribution in [0.1, 0.15) is 21.3 Å². The van der Waals surface area contributed by atoms with Gasteiger partial charge in [0, 0.05) is 0 Å². The van der Waals surface area contributed by atoms with E-state index < -0.39 is 17.7 Å². The van der Waals surface area contributed by atoms with Crippen LogP contribution in [0, 0.1) is 0 Å². The number of nitrogens with zero attached hydrogens (tertiary/aromatic N) is 3. The Morgan fingerprint density at radius 2 is 1.96 bits per heavy atom. The lowest BCUT2D eigenvalue weighted by molar-refractivity contribution is -0.117. The largest absolute Gasteiger partial charge is 0.503 e. The van der Waals surface area contributed by atoms with E-state index in [1.165, 1.54) is 39.3 Å². The van der Waals surface area contributed by atoms with Crippen LogP contribution in [0.4, 0.5) is 5.13 Å². The molecule has 1 aliphatic heterocycles. The number of ketones is 1. The number of thioether (sulfide) groups is 1. The van der Waals surface area contributed by atoms with E-state index in [9.17, 15) is 14.7 Å². The van der Waals surface area contributed by atoms with Crippen molar-refractivity contribution in [3.63, 3.8) is 0 Å². The number of hydrogen-bond acceptors (Lipinski definition) is 8. The molecule has 6 nitrogen and oxygen atoms in total. The zero-order valence-corrected chi connectivity index (χ0v) is 16.5. The van der Waals surface area contributed by atoms with Crippen molar-refractivity contribution in [3.05, 3.63) is 69.6 Å². The Labute approximate surface area is 167 Å². The molecule has 3 heterocycles. The first-order chi connectivity index (χ1) is 13.1. The fraction of sp³-hybridized carbons (Fsp3) is 0.111. The predicted octanol–water partition coefficient (Wildman–Crippen LogP) is 4.10. The minimum atomic E-state index is -0.754. The minimum Gasteiger partial charge on any atom is -0.503 e. The van der Waals surface area contributed by atoms with Crippen molar-refractivity contribution in [2.24, 2.45) is 0 Å². The molecule has 0 bridgehead atoms. The maximum Gasteiger partial charge on any atom is 0.296 e. The van der Waals surface area contributed by atoms with Crippen molar-refractivity contribution in [2.75, 3.05) is 11.2 Å². The Balaban J connectivity index is 1.86. The van der Waals surface area contributed by atoms with E-state index in [4.69, 9.17) is 0 Å². The third-order valence-electron chi connectivity index (χ3n) is 4.09. The van der Waals surface area contributed by atoms with Gasteiger partial charge < -0.3 is 5.11 Å². The fourth-order valence-corrected chi connectivity index (χ4v) is 4.87. The molecule has 27 heavy (non-hydrogen) atoms. The van der Waals surface area contributed by atoms with Gasteiger partial charge in [0.1, 0.15) is 0 Å². The zero-order valence-electron chi connectivity index (χ0n) is 14.0. The molecule has 1 aromatic carbocycles. The molecule has 1 atom stereocenters. The topological polar surface area (TPSA) is 83.4 Å². The third-order valence-corrected chi connectivity index (χ3v) is 6.86. The van der Waals surface area contributed by atoms with Gasteiger partial charge in [0.05, 0.1) is 16.5 Å². The number of Topliss-reactive ketones (excluding diaryl/α,β-unsaturated/α-hetero) is 1. The summed E-state index contributed by atoms with van der Waals surface area (Å²) in [6, 6.07) is 11.8. The van der Waals surface area contributed by atoms with Crippen molar-refractivity contribution in [2.45, 2.75) is 10.4 Å². The standard InChI is InChI=1S/C18H13N3O3S3/c1-25-18-20-19-17(27-18)21-13(10-6-3-2-4-7-10)12(15(23)16(21)24)14(22)11-8-5-9-26-11/h2-9,13,23H,1H3. The van der Waals surface area contributed by atoms with Crippen LogP contribution in [0.3, 0.4) is 0 Å². The summed E-state index contributed by atoms with van der Waals surface area (Å²) in [5.74, 6) is -1.54. The Morgan fingerprint density at radius 3 is 2.59 bits per heavy atom. The summed E-state index contributed by atoms with van der Waals surface area (Å²) in [5, 5.41) is 20.8. The average molecular weight is 416 g/mol. The second-order valence-electron chi connectivity index (χ2n) is 5.61. The molecule has 0 saturated heterocycles. The number of carbonyl (C=O) groups excluding carboxylic acids is 2. The van der Waals surface area contributed by atoms with E-state index in [2.05, 4.69) is 10.2 Å². The first kappa shape index (κ1) is 17.9. The Bertz CT molecular complexity index is 1030. The first-order valence-electron chi connectivity index (χ1n) is 7.89. The lowest BCUT2D eigenvalue weighted by Crippen LogP contribution is -2.30. The highest BCUT2D eigenvalue weighted by Gasteiger charge is 2.46. The summed E-state index contributed by atoms with van der Waals surface area (Å²) in [5.41, 5.74) is 0.783.